The van der Waals surface area contributed by atoms with Crippen LogP contribution in [0, 0.1) is 0 Å². The standard InChI is InChI=1S/C13H20N2O/c1-3-15-10-6-8-12(15)11-7-5-9-14-13(11)16-4-2/h5,7,9,12H,3-4,6,8,10H2,1-2H3/t12-/m0/s1. The van der Waals surface area contributed by atoms with E-state index >= 15 is 0 Å². The smallest absolute Gasteiger partial charge is 0.218 e. The molecule has 3 heteroatoms. The lowest BCUT2D eigenvalue weighted by Crippen LogP contribution is -2.23. The maximum absolute atomic E-state index is 5.60. The summed E-state index contributed by atoms with van der Waals surface area (Å²) < 4.78 is 5.60. The van der Waals surface area contributed by atoms with Gasteiger partial charge in [-0.25, -0.2) is 4.98 Å². The van der Waals surface area contributed by atoms with Crippen molar-refractivity contribution >= 4 is 0 Å². The largest absolute Gasteiger partial charge is 0.478 e. The van der Waals surface area contributed by atoms with Crippen molar-refractivity contribution in [1.82, 2.24) is 9.88 Å². The zero-order valence-corrected chi connectivity index (χ0v) is 10.1. The van der Waals surface area contributed by atoms with Crippen molar-refractivity contribution in [1.29, 1.82) is 0 Å². The molecule has 0 N–H and O–H groups in total. The minimum absolute atomic E-state index is 0.500. The molecule has 1 aliphatic rings. The van der Waals surface area contributed by atoms with Crippen LogP contribution in [0.25, 0.3) is 0 Å². The monoisotopic (exact) mass is 220 g/mol. The molecule has 0 unspecified atom stereocenters. The second-order valence-corrected chi connectivity index (χ2v) is 4.12. The van der Waals surface area contributed by atoms with E-state index in [9.17, 15) is 0 Å². The number of likely N-dealkylation sites (tertiary alicyclic amines) is 1. The maximum Gasteiger partial charge on any atom is 0.218 e. The molecule has 2 rings (SSSR count). The van der Waals surface area contributed by atoms with Crippen LogP contribution in [0.3, 0.4) is 0 Å². The van der Waals surface area contributed by atoms with E-state index in [4.69, 9.17) is 4.74 Å². The van der Waals surface area contributed by atoms with Crippen LogP contribution in [-0.2, 0) is 0 Å². The lowest BCUT2D eigenvalue weighted by atomic mass is 10.1. The Labute approximate surface area is 97.4 Å². The minimum Gasteiger partial charge on any atom is -0.478 e. The molecule has 1 aromatic rings. The second kappa shape index (κ2) is 5.30. The molecule has 88 valence electrons. The third kappa shape index (κ3) is 2.19. The molecule has 1 aliphatic heterocycles. The third-order valence-corrected chi connectivity index (χ3v) is 3.21. The van der Waals surface area contributed by atoms with E-state index in [2.05, 4.69) is 22.9 Å². The SMILES string of the molecule is CCOc1ncccc1[C@@H]1CCCN1CC. The van der Waals surface area contributed by atoms with Crippen LogP contribution in [-0.4, -0.2) is 29.6 Å². The van der Waals surface area contributed by atoms with Crippen molar-refractivity contribution in [3.8, 4) is 5.88 Å². The summed E-state index contributed by atoms with van der Waals surface area (Å²) in [5.74, 6) is 0.815. The Bertz CT molecular complexity index is 340. The highest BCUT2D eigenvalue weighted by atomic mass is 16.5. The molecule has 1 atom stereocenters. The van der Waals surface area contributed by atoms with Crippen LogP contribution < -0.4 is 4.74 Å². The topological polar surface area (TPSA) is 25.4 Å². The molecule has 3 nitrogen and oxygen atoms in total. The van der Waals surface area contributed by atoms with Crippen molar-refractivity contribution in [2.45, 2.75) is 32.7 Å². The van der Waals surface area contributed by atoms with Gasteiger partial charge in [-0.1, -0.05) is 13.0 Å². The normalized spacial score (nSPS) is 21.2. The van der Waals surface area contributed by atoms with E-state index in [0.717, 1.165) is 12.4 Å². The number of hydrogen-bond acceptors (Lipinski definition) is 3. The van der Waals surface area contributed by atoms with Gasteiger partial charge in [0.25, 0.3) is 0 Å². The number of ether oxygens (including phenoxy) is 1. The molecular weight excluding hydrogens is 200 g/mol. The highest BCUT2D eigenvalue weighted by molar-refractivity contribution is 5.29. The number of pyridine rings is 1. The Morgan fingerprint density at radius 1 is 1.50 bits per heavy atom. The minimum atomic E-state index is 0.500. The van der Waals surface area contributed by atoms with Gasteiger partial charge >= 0.3 is 0 Å². The van der Waals surface area contributed by atoms with Crippen molar-refractivity contribution in [2.75, 3.05) is 19.7 Å². The lowest BCUT2D eigenvalue weighted by Gasteiger charge is -2.24. The first-order valence-electron chi connectivity index (χ1n) is 6.18. The maximum atomic E-state index is 5.60. The van der Waals surface area contributed by atoms with Crippen molar-refractivity contribution in [2.24, 2.45) is 0 Å². The molecule has 0 aromatic carbocycles. The van der Waals surface area contributed by atoms with Gasteiger partial charge in [0.2, 0.25) is 5.88 Å². The first-order chi connectivity index (χ1) is 7.86. The van der Waals surface area contributed by atoms with Crippen LogP contribution >= 0.6 is 0 Å². The van der Waals surface area contributed by atoms with Crippen LogP contribution in [0.2, 0.25) is 0 Å². The summed E-state index contributed by atoms with van der Waals surface area (Å²) in [5, 5.41) is 0. The summed E-state index contributed by atoms with van der Waals surface area (Å²) in [6.07, 6.45) is 4.30. The molecule has 0 radical (unpaired) electrons. The van der Waals surface area contributed by atoms with Gasteiger partial charge in [0.15, 0.2) is 0 Å². The fourth-order valence-electron chi connectivity index (χ4n) is 2.47. The highest BCUT2D eigenvalue weighted by Gasteiger charge is 2.27. The fourth-order valence-corrected chi connectivity index (χ4v) is 2.47. The van der Waals surface area contributed by atoms with E-state index in [1.54, 1.807) is 6.20 Å². The molecule has 0 amide bonds. The van der Waals surface area contributed by atoms with Gasteiger partial charge in [0.1, 0.15) is 0 Å². The van der Waals surface area contributed by atoms with Crippen molar-refractivity contribution < 1.29 is 4.74 Å². The first kappa shape index (κ1) is 11.4. The quantitative estimate of drug-likeness (QED) is 0.780. The van der Waals surface area contributed by atoms with Gasteiger partial charge in [-0.05, 0) is 38.9 Å². The van der Waals surface area contributed by atoms with Gasteiger partial charge in [0, 0.05) is 17.8 Å². The molecule has 1 aromatic heterocycles. The average molecular weight is 220 g/mol. The summed E-state index contributed by atoms with van der Waals surface area (Å²) in [5.41, 5.74) is 1.25. The van der Waals surface area contributed by atoms with Crippen molar-refractivity contribution in [3.63, 3.8) is 0 Å². The van der Waals surface area contributed by atoms with Crippen LogP contribution in [0.4, 0.5) is 0 Å². The summed E-state index contributed by atoms with van der Waals surface area (Å²) in [4.78, 5) is 6.83. The van der Waals surface area contributed by atoms with Gasteiger partial charge < -0.3 is 4.74 Å². The predicted octanol–water partition coefficient (Wildman–Crippen LogP) is 2.64. The van der Waals surface area contributed by atoms with Gasteiger partial charge in [-0.15, -0.1) is 0 Å². The van der Waals surface area contributed by atoms with Gasteiger partial charge in [0.05, 0.1) is 6.61 Å². The molecule has 2 heterocycles. The predicted molar refractivity (Wildman–Crippen MR) is 64.6 cm³/mol. The Balaban J connectivity index is 2.24. The summed E-state index contributed by atoms with van der Waals surface area (Å²) >= 11 is 0. The second-order valence-electron chi connectivity index (χ2n) is 4.12. The summed E-state index contributed by atoms with van der Waals surface area (Å²) in [7, 11) is 0. The fraction of sp³-hybridized carbons (Fsp3) is 0.615. The zero-order chi connectivity index (χ0) is 11.4. The zero-order valence-electron chi connectivity index (χ0n) is 10.1. The van der Waals surface area contributed by atoms with E-state index in [1.165, 1.54) is 24.9 Å². The van der Waals surface area contributed by atoms with Crippen LogP contribution in [0.15, 0.2) is 18.3 Å². The number of aromatic nitrogens is 1. The summed E-state index contributed by atoms with van der Waals surface area (Å²) in [6, 6.07) is 4.65. The van der Waals surface area contributed by atoms with Gasteiger partial charge in [-0.2, -0.15) is 0 Å². The van der Waals surface area contributed by atoms with Crippen molar-refractivity contribution in [3.05, 3.63) is 23.9 Å². The molecule has 16 heavy (non-hydrogen) atoms. The van der Waals surface area contributed by atoms with Gasteiger partial charge in [-0.3, -0.25) is 4.90 Å². The van der Waals surface area contributed by atoms with E-state index in [0.29, 0.717) is 12.6 Å². The molecule has 0 saturated carbocycles. The first-order valence-corrected chi connectivity index (χ1v) is 6.18. The van der Waals surface area contributed by atoms with E-state index in [-0.39, 0.29) is 0 Å². The molecule has 0 spiro atoms. The molecule has 0 aliphatic carbocycles. The lowest BCUT2D eigenvalue weighted by molar-refractivity contribution is 0.255. The number of rotatable bonds is 4. The number of hydrogen-bond donors (Lipinski definition) is 0. The highest BCUT2D eigenvalue weighted by Crippen LogP contribution is 2.35. The third-order valence-electron chi connectivity index (χ3n) is 3.21. The van der Waals surface area contributed by atoms with E-state index < -0.39 is 0 Å². The molecule has 0 bridgehead atoms. The Morgan fingerprint density at radius 2 is 2.38 bits per heavy atom. The Hall–Kier alpha value is -1.09. The Morgan fingerprint density at radius 3 is 3.12 bits per heavy atom. The average Bonchev–Trinajstić information content (AvgIpc) is 2.78. The van der Waals surface area contributed by atoms with E-state index in [1.807, 2.05) is 13.0 Å². The molecule has 1 saturated heterocycles. The van der Waals surface area contributed by atoms with Crippen LogP contribution in [0.5, 0.6) is 5.88 Å². The molecule has 1 fully saturated rings. The Kier molecular flexibility index (Phi) is 3.78. The van der Waals surface area contributed by atoms with Crippen LogP contribution in [0.1, 0.15) is 38.3 Å². The summed E-state index contributed by atoms with van der Waals surface area (Å²) in [6.45, 7) is 7.20. The number of nitrogens with zero attached hydrogens (tertiary/aromatic N) is 2. The molecular formula is C13H20N2O.